The topological polar surface area (TPSA) is 103 Å². The van der Waals surface area contributed by atoms with Gasteiger partial charge in [-0.3, -0.25) is 14.9 Å². The highest BCUT2D eigenvalue weighted by Crippen LogP contribution is 2.43. The number of rotatable bonds is 5. The van der Waals surface area contributed by atoms with Crippen LogP contribution in [0.2, 0.25) is 5.02 Å². The molecule has 1 aromatic heterocycles. The lowest BCUT2D eigenvalue weighted by Gasteiger charge is -2.32. The van der Waals surface area contributed by atoms with E-state index in [0.29, 0.717) is 45.9 Å². The second-order valence-corrected chi connectivity index (χ2v) is 8.95. The molecule has 0 bridgehead atoms. The quantitative estimate of drug-likeness (QED) is 0.314. The van der Waals surface area contributed by atoms with Crippen molar-refractivity contribution < 1.29 is 9.72 Å². The number of benzene rings is 2. The molecule has 1 aliphatic carbocycles. The Morgan fingerprint density at radius 2 is 2.03 bits per heavy atom. The van der Waals surface area contributed by atoms with Crippen LogP contribution in [0, 0.1) is 10.1 Å². The number of carbonyl (C=O) groups is 1. The van der Waals surface area contributed by atoms with Crippen LogP contribution in [0.25, 0.3) is 0 Å². The van der Waals surface area contributed by atoms with Crippen LogP contribution in [0.1, 0.15) is 36.4 Å². The summed E-state index contributed by atoms with van der Waals surface area (Å²) in [5.74, 6) is 1.19. The molecule has 0 saturated carbocycles. The number of non-ortho nitro benzene ring substituents is 1. The van der Waals surface area contributed by atoms with Crippen LogP contribution in [0.3, 0.4) is 0 Å². The summed E-state index contributed by atoms with van der Waals surface area (Å²) in [6.45, 7) is 0. The van der Waals surface area contributed by atoms with E-state index < -0.39 is 11.0 Å². The van der Waals surface area contributed by atoms with Gasteiger partial charge in [-0.15, -0.1) is 5.10 Å². The van der Waals surface area contributed by atoms with Crippen molar-refractivity contribution >= 4 is 40.8 Å². The lowest BCUT2D eigenvalue weighted by molar-refractivity contribution is -0.384. The third-order valence-electron chi connectivity index (χ3n) is 5.54. The second kappa shape index (κ2) is 8.40. The van der Waals surface area contributed by atoms with Crippen LogP contribution >= 0.6 is 23.4 Å². The molecule has 162 valence electrons. The lowest BCUT2D eigenvalue weighted by atomic mass is 9.85. The van der Waals surface area contributed by atoms with E-state index in [9.17, 15) is 14.9 Å². The fraction of sp³-hybridized carbons (Fsp3) is 0.227. The molecule has 2 heterocycles. The van der Waals surface area contributed by atoms with E-state index in [4.69, 9.17) is 11.6 Å². The van der Waals surface area contributed by atoms with Gasteiger partial charge in [-0.2, -0.15) is 4.98 Å². The maximum absolute atomic E-state index is 12.9. The van der Waals surface area contributed by atoms with Crippen LogP contribution in [0.4, 0.5) is 11.6 Å². The smallest absolute Gasteiger partial charge is 0.269 e. The van der Waals surface area contributed by atoms with Crippen molar-refractivity contribution in [2.45, 2.75) is 36.2 Å². The summed E-state index contributed by atoms with van der Waals surface area (Å²) in [5, 5.41) is 20.2. The Labute approximate surface area is 192 Å². The van der Waals surface area contributed by atoms with E-state index >= 15 is 0 Å². The molecule has 8 nitrogen and oxygen atoms in total. The molecule has 1 atom stereocenters. The third kappa shape index (κ3) is 3.78. The Kier molecular flexibility index (Phi) is 5.44. The molecule has 1 unspecified atom stereocenters. The molecular formula is C22H18ClN5O3S. The monoisotopic (exact) mass is 467 g/mol. The van der Waals surface area contributed by atoms with Crippen molar-refractivity contribution in [3.05, 3.63) is 86.1 Å². The van der Waals surface area contributed by atoms with Crippen LogP contribution in [0.15, 0.2) is 65.0 Å². The van der Waals surface area contributed by atoms with Gasteiger partial charge in [-0.25, -0.2) is 4.68 Å². The average molecular weight is 468 g/mol. The number of ketones is 1. The predicted molar refractivity (Wildman–Crippen MR) is 122 cm³/mol. The fourth-order valence-electron chi connectivity index (χ4n) is 4.06. The van der Waals surface area contributed by atoms with Crippen molar-refractivity contribution in [1.29, 1.82) is 0 Å². The molecular weight excluding hydrogens is 450 g/mol. The number of thioether (sulfide) groups is 1. The molecule has 32 heavy (non-hydrogen) atoms. The van der Waals surface area contributed by atoms with E-state index in [1.54, 1.807) is 4.68 Å². The van der Waals surface area contributed by atoms with Gasteiger partial charge in [0.05, 0.1) is 4.92 Å². The number of nitro benzene ring substituents is 1. The summed E-state index contributed by atoms with van der Waals surface area (Å²) >= 11 is 7.97. The summed E-state index contributed by atoms with van der Waals surface area (Å²) in [6, 6.07) is 13.6. The number of anilines is 1. The van der Waals surface area contributed by atoms with Crippen LogP contribution in [-0.4, -0.2) is 25.5 Å². The number of nitrogens with one attached hydrogen (secondary N) is 1. The number of aromatic nitrogens is 3. The van der Waals surface area contributed by atoms with Gasteiger partial charge < -0.3 is 5.32 Å². The fourth-order valence-corrected chi connectivity index (χ4v) is 5.07. The number of Topliss-reactive ketones (excluding diaryl/α,β-unsaturated/α-hetero) is 1. The van der Waals surface area contributed by atoms with E-state index in [1.165, 1.54) is 30.0 Å². The zero-order valence-corrected chi connectivity index (χ0v) is 18.4. The molecule has 10 heteroatoms. The lowest BCUT2D eigenvalue weighted by Crippen LogP contribution is -2.31. The largest absolute Gasteiger partial charge is 0.328 e. The zero-order chi connectivity index (χ0) is 22.2. The summed E-state index contributed by atoms with van der Waals surface area (Å²) < 4.78 is 1.63. The Bertz CT molecular complexity index is 1260. The molecule has 1 aliphatic heterocycles. The van der Waals surface area contributed by atoms with Gasteiger partial charge >= 0.3 is 0 Å². The van der Waals surface area contributed by atoms with Gasteiger partial charge in [0.1, 0.15) is 6.04 Å². The minimum atomic E-state index is -0.667. The maximum atomic E-state index is 12.9. The van der Waals surface area contributed by atoms with Crippen molar-refractivity contribution in [2.24, 2.45) is 0 Å². The molecule has 0 saturated heterocycles. The number of fused-ring (bicyclic) bond motifs is 1. The SMILES string of the molecule is O=C1CCCC2=C1C(c1cc([N+](=O)[O-])ccc1Cl)n1nc(SCc3ccccc3)nc1N2. The van der Waals surface area contributed by atoms with Crippen LogP contribution in [0.5, 0.6) is 0 Å². The first-order valence-corrected chi connectivity index (χ1v) is 11.5. The van der Waals surface area contributed by atoms with Crippen molar-refractivity contribution in [2.75, 3.05) is 5.32 Å². The van der Waals surface area contributed by atoms with Gasteiger partial charge in [-0.05, 0) is 24.5 Å². The predicted octanol–water partition coefficient (Wildman–Crippen LogP) is 5.15. The number of nitrogens with zero attached hydrogens (tertiary/aromatic N) is 4. The van der Waals surface area contributed by atoms with E-state index in [0.717, 1.165) is 17.7 Å². The van der Waals surface area contributed by atoms with Gasteiger partial charge in [0.15, 0.2) is 5.78 Å². The molecule has 0 fully saturated rings. The molecule has 3 aromatic rings. The van der Waals surface area contributed by atoms with Gasteiger partial charge in [0.25, 0.3) is 5.69 Å². The number of allylic oxidation sites excluding steroid dienone is 2. The Hall–Kier alpha value is -3.17. The Morgan fingerprint density at radius 1 is 1.22 bits per heavy atom. The van der Waals surface area contributed by atoms with Crippen LogP contribution in [-0.2, 0) is 10.5 Å². The highest BCUT2D eigenvalue weighted by Gasteiger charge is 2.38. The van der Waals surface area contributed by atoms with Crippen molar-refractivity contribution in [1.82, 2.24) is 14.8 Å². The summed E-state index contributed by atoms with van der Waals surface area (Å²) in [7, 11) is 0. The van der Waals surface area contributed by atoms with Crippen LogP contribution < -0.4 is 5.32 Å². The molecule has 1 N–H and O–H groups in total. The van der Waals surface area contributed by atoms with Gasteiger partial charge in [0.2, 0.25) is 11.1 Å². The average Bonchev–Trinajstić information content (AvgIpc) is 3.20. The first-order valence-electron chi connectivity index (χ1n) is 10.1. The second-order valence-electron chi connectivity index (χ2n) is 7.60. The molecule has 5 rings (SSSR count). The minimum absolute atomic E-state index is 0.00837. The molecule has 2 aromatic carbocycles. The molecule has 2 aliphatic rings. The van der Waals surface area contributed by atoms with E-state index in [2.05, 4.69) is 15.4 Å². The third-order valence-corrected chi connectivity index (χ3v) is 6.80. The van der Waals surface area contributed by atoms with Gasteiger partial charge in [-0.1, -0.05) is 53.7 Å². The number of hydrogen-bond acceptors (Lipinski definition) is 7. The minimum Gasteiger partial charge on any atom is -0.328 e. The van der Waals surface area contributed by atoms with Crippen molar-refractivity contribution in [3.63, 3.8) is 0 Å². The first kappa shape index (κ1) is 20.7. The number of nitro groups is 1. The zero-order valence-electron chi connectivity index (χ0n) is 16.8. The normalized spacial score (nSPS) is 17.5. The summed E-state index contributed by atoms with van der Waals surface area (Å²) in [6.07, 6.45) is 1.86. The number of hydrogen-bond donors (Lipinski definition) is 1. The molecule has 0 amide bonds. The standard InChI is InChI=1S/C22H18ClN5O3S/c23-16-10-9-14(28(30)31)11-15(16)20-19-17(7-4-8-18(19)29)24-21-25-22(26-27(20)21)32-12-13-5-2-1-3-6-13/h1-3,5-6,9-11,20H,4,7-8,12H2,(H,24,25,26). The number of halogens is 1. The maximum Gasteiger partial charge on any atom is 0.269 e. The Balaban J connectivity index is 1.58. The summed E-state index contributed by atoms with van der Waals surface area (Å²) in [5.41, 5.74) is 2.86. The first-order chi connectivity index (χ1) is 15.5. The van der Waals surface area contributed by atoms with E-state index in [-0.39, 0.29) is 11.5 Å². The Morgan fingerprint density at radius 3 is 2.81 bits per heavy atom. The van der Waals surface area contributed by atoms with Crippen molar-refractivity contribution in [3.8, 4) is 0 Å². The summed E-state index contributed by atoms with van der Waals surface area (Å²) in [4.78, 5) is 28.5. The van der Waals surface area contributed by atoms with E-state index in [1.807, 2.05) is 30.3 Å². The molecule has 0 spiro atoms. The molecule has 0 radical (unpaired) electrons. The van der Waals surface area contributed by atoms with Gasteiger partial charge in [0, 0.05) is 46.2 Å². The highest BCUT2D eigenvalue weighted by molar-refractivity contribution is 7.98. The number of carbonyl (C=O) groups excluding carboxylic acids is 1. The highest BCUT2D eigenvalue weighted by atomic mass is 35.5.